The zero-order valence-corrected chi connectivity index (χ0v) is 9.31. The summed E-state index contributed by atoms with van der Waals surface area (Å²) in [5.41, 5.74) is 6.15. The molecule has 1 rings (SSSR count). The fourth-order valence-corrected chi connectivity index (χ4v) is 1.48. The zero-order chi connectivity index (χ0) is 11.3. The molecular formula is C10H18N4O. The molecule has 1 aromatic heterocycles. The largest absolute Gasteiger partial charge is 0.371 e. The van der Waals surface area contributed by atoms with Gasteiger partial charge in [-0.25, -0.2) is 4.68 Å². The first kappa shape index (κ1) is 11.7. The number of nitrogens with two attached hydrogens (primary N) is 1. The van der Waals surface area contributed by atoms with Crippen molar-refractivity contribution in [2.45, 2.75) is 20.4 Å². The first-order valence-corrected chi connectivity index (χ1v) is 5.25. The maximum atomic E-state index is 11.6. The lowest BCUT2D eigenvalue weighted by atomic mass is 10.4. The Morgan fingerprint density at radius 3 is 2.60 bits per heavy atom. The van der Waals surface area contributed by atoms with E-state index in [0.717, 1.165) is 18.8 Å². The summed E-state index contributed by atoms with van der Waals surface area (Å²) in [7, 11) is 0. The van der Waals surface area contributed by atoms with Crippen LogP contribution < -0.4 is 16.2 Å². The van der Waals surface area contributed by atoms with Crippen LogP contribution in [0.5, 0.6) is 0 Å². The van der Waals surface area contributed by atoms with Gasteiger partial charge in [-0.1, -0.05) is 0 Å². The second-order valence-corrected chi connectivity index (χ2v) is 3.24. The van der Waals surface area contributed by atoms with Crippen LogP contribution >= 0.6 is 0 Å². The Bertz CT molecular complexity index is 357. The topological polar surface area (TPSA) is 64.2 Å². The molecule has 0 saturated carbocycles. The van der Waals surface area contributed by atoms with Crippen LogP contribution in [0, 0.1) is 0 Å². The number of aromatic nitrogens is 2. The van der Waals surface area contributed by atoms with Crippen molar-refractivity contribution in [3.8, 4) is 0 Å². The van der Waals surface area contributed by atoms with Gasteiger partial charge >= 0.3 is 0 Å². The third kappa shape index (κ3) is 2.79. The van der Waals surface area contributed by atoms with Gasteiger partial charge in [0.1, 0.15) is 0 Å². The minimum atomic E-state index is -0.0927. The Labute approximate surface area is 89.5 Å². The van der Waals surface area contributed by atoms with Crippen LogP contribution in [-0.2, 0) is 6.54 Å². The fourth-order valence-electron chi connectivity index (χ4n) is 1.48. The fraction of sp³-hybridized carbons (Fsp3) is 0.600. The third-order valence-corrected chi connectivity index (χ3v) is 2.32. The van der Waals surface area contributed by atoms with Crippen LogP contribution in [0.2, 0.25) is 0 Å². The normalized spacial score (nSPS) is 10.3. The summed E-state index contributed by atoms with van der Waals surface area (Å²) < 4.78 is 1.38. The molecule has 0 aliphatic rings. The van der Waals surface area contributed by atoms with Crippen LogP contribution in [0.3, 0.4) is 0 Å². The highest BCUT2D eigenvalue weighted by Gasteiger charge is 2.04. The number of anilines is 1. The summed E-state index contributed by atoms with van der Waals surface area (Å²) in [5, 5.41) is 4.07. The quantitative estimate of drug-likeness (QED) is 0.745. The van der Waals surface area contributed by atoms with E-state index in [-0.39, 0.29) is 5.56 Å². The van der Waals surface area contributed by atoms with Gasteiger partial charge in [-0.3, -0.25) is 4.79 Å². The van der Waals surface area contributed by atoms with E-state index in [1.54, 1.807) is 12.3 Å². The smallest absolute Gasteiger partial charge is 0.268 e. The average Bonchev–Trinajstić information content (AvgIpc) is 2.24. The average molecular weight is 210 g/mol. The van der Waals surface area contributed by atoms with E-state index in [2.05, 4.69) is 23.8 Å². The second kappa shape index (κ2) is 5.50. The zero-order valence-electron chi connectivity index (χ0n) is 9.31. The monoisotopic (exact) mass is 210 g/mol. The lowest BCUT2D eigenvalue weighted by Crippen LogP contribution is -2.29. The SMILES string of the molecule is CCN(CC)c1cnn(CCN)c(=O)c1. The molecule has 1 aromatic rings. The van der Waals surface area contributed by atoms with Crippen LogP contribution in [0.25, 0.3) is 0 Å². The van der Waals surface area contributed by atoms with Gasteiger partial charge < -0.3 is 10.6 Å². The van der Waals surface area contributed by atoms with Gasteiger partial charge in [-0.2, -0.15) is 5.10 Å². The highest BCUT2D eigenvalue weighted by molar-refractivity contribution is 5.42. The number of hydrogen-bond donors (Lipinski definition) is 1. The predicted molar refractivity (Wildman–Crippen MR) is 61.1 cm³/mol. The first-order valence-electron chi connectivity index (χ1n) is 5.25. The molecule has 2 N–H and O–H groups in total. The maximum Gasteiger partial charge on any atom is 0.268 e. The van der Waals surface area contributed by atoms with E-state index >= 15 is 0 Å². The molecule has 0 atom stereocenters. The standard InChI is InChI=1S/C10H18N4O/c1-3-13(4-2)9-7-10(15)14(6-5-11)12-8-9/h7-8H,3-6,11H2,1-2H3. The molecule has 0 saturated heterocycles. The molecule has 84 valence electrons. The van der Waals surface area contributed by atoms with Crippen molar-refractivity contribution in [1.82, 2.24) is 9.78 Å². The number of hydrogen-bond acceptors (Lipinski definition) is 4. The van der Waals surface area contributed by atoms with Gasteiger partial charge in [0, 0.05) is 25.7 Å². The Hall–Kier alpha value is -1.36. The highest BCUT2D eigenvalue weighted by atomic mass is 16.1. The maximum absolute atomic E-state index is 11.6. The van der Waals surface area contributed by atoms with Gasteiger partial charge in [0.05, 0.1) is 18.4 Å². The van der Waals surface area contributed by atoms with E-state index in [9.17, 15) is 4.79 Å². The molecule has 0 aromatic carbocycles. The highest BCUT2D eigenvalue weighted by Crippen LogP contribution is 2.07. The molecule has 0 aliphatic heterocycles. The summed E-state index contributed by atoms with van der Waals surface area (Å²) in [5.74, 6) is 0. The van der Waals surface area contributed by atoms with E-state index in [4.69, 9.17) is 5.73 Å². The van der Waals surface area contributed by atoms with E-state index < -0.39 is 0 Å². The van der Waals surface area contributed by atoms with Gasteiger partial charge in [0.25, 0.3) is 5.56 Å². The third-order valence-electron chi connectivity index (χ3n) is 2.32. The minimum Gasteiger partial charge on any atom is -0.371 e. The molecule has 0 fully saturated rings. The van der Waals surface area contributed by atoms with Crippen LogP contribution in [0.4, 0.5) is 5.69 Å². The van der Waals surface area contributed by atoms with E-state index in [0.29, 0.717) is 13.1 Å². The van der Waals surface area contributed by atoms with Crippen molar-refractivity contribution in [3.05, 3.63) is 22.6 Å². The van der Waals surface area contributed by atoms with Crippen molar-refractivity contribution < 1.29 is 0 Å². The molecule has 0 unspecified atom stereocenters. The Morgan fingerprint density at radius 1 is 1.47 bits per heavy atom. The lowest BCUT2D eigenvalue weighted by Gasteiger charge is -2.20. The summed E-state index contributed by atoms with van der Waals surface area (Å²) in [4.78, 5) is 13.7. The molecule has 0 bridgehead atoms. The van der Waals surface area contributed by atoms with Crippen LogP contribution in [-0.4, -0.2) is 29.4 Å². The molecule has 0 spiro atoms. The number of rotatable bonds is 5. The Kier molecular flexibility index (Phi) is 4.30. The molecule has 0 radical (unpaired) electrons. The van der Waals surface area contributed by atoms with Gasteiger partial charge in [0.15, 0.2) is 0 Å². The Morgan fingerprint density at radius 2 is 2.13 bits per heavy atom. The van der Waals surface area contributed by atoms with Crippen LogP contribution in [0.15, 0.2) is 17.1 Å². The van der Waals surface area contributed by atoms with Gasteiger partial charge in [0.2, 0.25) is 0 Å². The van der Waals surface area contributed by atoms with Crippen molar-refractivity contribution in [2.75, 3.05) is 24.5 Å². The molecule has 5 heteroatoms. The predicted octanol–water partition coefficient (Wildman–Crippen LogP) is 0.0482. The molecule has 15 heavy (non-hydrogen) atoms. The Balaban J connectivity index is 2.95. The van der Waals surface area contributed by atoms with Crippen molar-refractivity contribution in [2.24, 2.45) is 5.73 Å². The second-order valence-electron chi connectivity index (χ2n) is 3.24. The van der Waals surface area contributed by atoms with E-state index in [1.807, 2.05) is 0 Å². The molecule has 0 aliphatic carbocycles. The summed E-state index contributed by atoms with van der Waals surface area (Å²) in [6.45, 7) is 6.75. The van der Waals surface area contributed by atoms with Crippen molar-refractivity contribution in [3.63, 3.8) is 0 Å². The summed E-state index contributed by atoms with van der Waals surface area (Å²) in [6, 6.07) is 1.61. The van der Waals surface area contributed by atoms with Crippen LogP contribution in [0.1, 0.15) is 13.8 Å². The molecule has 1 heterocycles. The minimum absolute atomic E-state index is 0.0927. The molecule has 5 nitrogen and oxygen atoms in total. The van der Waals surface area contributed by atoms with E-state index in [1.165, 1.54) is 4.68 Å². The van der Waals surface area contributed by atoms with Crippen molar-refractivity contribution in [1.29, 1.82) is 0 Å². The van der Waals surface area contributed by atoms with Crippen molar-refractivity contribution >= 4 is 5.69 Å². The first-order chi connectivity index (χ1) is 7.22. The summed E-state index contributed by atoms with van der Waals surface area (Å²) >= 11 is 0. The number of nitrogens with zero attached hydrogens (tertiary/aromatic N) is 3. The lowest BCUT2D eigenvalue weighted by molar-refractivity contribution is 0.586. The van der Waals surface area contributed by atoms with Gasteiger partial charge in [-0.15, -0.1) is 0 Å². The molecule has 0 amide bonds. The molecular weight excluding hydrogens is 192 g/mol. The van der Waals surface area contributed by atoms with Gasteiger partial charge in [-0.05, 0) is 13.8 Å². The summed E-state index contributed by atoms with van der Waals surface area (Å²) in [6.07, 6.45) is 1.71.